The summed E-state index contributed by atoms with van der Waals surface area (Å²) in [5.74, 6) is -0.703. The van der Waals surface area contributed by atoms with Crippen molar-refractivity contribution < 1.29 is 19.4 Å². The molecular weight excluding hydrogens is 222 g/mol. The van der Waals surface area contributed by atoms with Crippen LogP contribution >= 0.6 is 0 Å². The van der Waals surface area contributed by atoms with Gasteiger partial charge in [-0.15, -0.1) is 0 Å². The Bertz CT molecular complexity index is 470. The molecule has 1 aromatic rings. The van der Waals surface area contributed by atoms with Crippen molar-refractivity contribution in [3.05, 3.63) is 23.8 Å². The van der Waals surface area contributed by atoms with Crippen molar-refractivity contribution in [1.29, 1.82) is 0 Å². The fourth-order valence-corrected chi connectivity index (χ4v) is 1.95. The highest BCUT2D eigenvalue weighted by atomic mass is 16.5. The SMILES string of the molecule is COc1cc(N2CCCC2=O)ccc1C(=O)O. The van der Waals surface area contributed by atoms with Crippen LogP contribution in [-0.4, -0.2) is 30.6 Å². The van der Waals surface area contributed by atoms with E-state index in [0.29, 0.717) is 18.7 Å². The standard InChI is InChI=1S/C12H13NO4/c1-17-10-7-8(4-5-9(10)12(15)16)13-6-2-3-11(13)14/h4-5,7H,2-3,6H2,1H3,(H,15,16). The zero-order chi connectivity index (χ0) is 12.4. The van der Waals surface area contributed by atoms with Crippen LogP contribution in [-0.2, 0) is 4.79 Å². The Morgan fingerprint density at radius 2 is 2.24 bits per heavy atom. The normalized spacial score (nSPS) is 15.1. The Labute approximate surface area is 98.6 Å². The van der Waals surface area contributed by atoms with E-state index in [1.165, 1.54) is 13.2 Å². The summed E-state index contributed by atoms with van der Waals surface area (Å²) in [5.41, 5.74) is 0.789. The first kappa shape index (κ1) is 11.4. The third-order valence-electron chi connectivity index (χ3n) is 2.80. The van der Waals surface area contributed by atoms with E-state index in [-0.39, 0.29) is 17.2 Å². The molecule has 90 valence electrons. The minimum absolute atomic E-state index is 0.0649. The van der Waals surface area contributed by atoms with E-state index in [1.807, 2.05) is 0 Å². The third-order valence-corrected chi connectivity index (χ3v) is 2.80. The maximum absolute atomic E-state index is 11.6. The Hall–Kier alpha value is -2.04. The summed E-state index contributed by atoms with van der Waals surface area (Å²) < 4.78 is 5.02. The van der Waals surface area contributed by atoms with Gasteiger partial charge in [-0.3, -0.25) is 4.79 Å². The minimum Gasteiger partial charge on any atom is -0.496 e. The number of ether oxygens (including phenoxy) is 1. The molecule has 0 bridgehead atoms. The number of carbonyl (C=O) groups is 2. The molecule has 0 aromatic heterocycles. The molecule has 0 aliphatic carbocycles. The number of amides is 1. The quantitative estimate of drug-likeness (QED) is 0.862. The molecule has 0 spiro atoms. The van der Waals surface area contributed by atoms with Crippen LogP contribution < -0.4 is 9.64 Å². The highest BCUT2D eigenvalue weighted by Crippen LogP contribution is 2.28. The van der Waals surface area contributed by atoms with Gasteiger partial charge in [0.1, 0.15) is 11.3 Å². The van der Waals surface area contributed by atoms with Crippen molar-refractivity contribution in [2.75, 3.05) is 18.6 Å². The van der Waals surface area contributed by atoms with Gasteiger partial charge in [-0.05, 0) is 18.6 Å². The predicted molar refractivity (Wildman–Crippen MR) is 61.5 cm³/mol. The first-order valence-corrected chi connectivity index (χ1v) is 5.35. The lowest BCUT2D eigenvalue weighted by Crippen LogP contribution is -2.23. The van der Waals surface area contributed by atoms with E-state index in [0.717, 1.165) is 6.42 Å². The van der Waals surface area contributed by atoms with Crippen LogP contribution in [0.2, 0.25) is 0 Å². The molecule has 1 N–H and O–H groups in total. The van der Waals surface area contributed by atoms with Crippen LogP contribution in [0.3, 0.4) is 0 Å². The van der Waals surface area contributed by atoms with Gasteiger partial charge < -0.3 is 14.7 Å². The predicted octanol–water partition coefficient (Wildman–Crippen LogP) is 1.52. The number of nitrogens with zero attached hydrogens (tertiary/aromatic N) is 1. The molecular formula is C12H13NO4. The maximum Gasteiger partial charge on any atom is 0.339 e. The molecule has 5 heteroatoms. The smallest absolute Gasteiger partial charge is 0.339 e. The number of rotatable bonds is 3. The van der Waals surface area contributed by atoms with Gasteiger partial charge in [0.05, 0.1) is 7.11 Å². The molecule has 1 saturated heterocycles. The fraction of sp³-hybridized carbons (Fsp3) is 0.333. The number of carbonyl (C=O) groups excluding carboxylic acids is 1. The Morgan fingerprint density at radius 3 is 2.76 bits per heavy atom. The van der Waals surface area contributed by atoms with Crippen molar-refractivity contribution >= 4 is 17.6 Å². The summed E-state index contributed by atoms with van der Waals surface area (Å²) in [6, 6.07) is 4.68. The summed E-state index contributed by atoms with van der Waals surface area (Å²) >= 11 is 0. The van der Waals surface area contributed by atoms with Gasteiger partial charge >= 0.3 is 5.97 Å². The lowest BCUT2D eigenvalue weighted by molar-refractivity contribution is -0.117. The molecule has 2 rings (SSSR count). The lowest BCUT2D eigenvalue weighted by Gasteiger charge is -2.17. The Balaban J connectivity index is 2.37. The molecule has 1 aliphatic rings. The van der Waals surface area contributed by atoms with Gasteiger partial charge in [-0.1, -0.05) is 0 Å². The van der Waals surface area contributed by atoms with Gasteiger partial charge in [0, 0.05) is 24.7 Å². The molecule has 1 heterocycles. The fourth-order valence-electron chi connectivity index (χ4n) is 1.95. The van der Waals surface area contributed by atoms with Crippen molar-refractivity contribution in [2.45, 2.75) is 12.8 Å². The number of benzene rings is 1. The summed E-state index contributed by atoms with van der Waals surface area (Å²) in [7, 11) is 1.41. The number of carboxylic acids is 1. The van der Waals surface area contributed by atoms with Gasteiger partial charge in [-0.25, -0.2) is 4.79 Å². The molecule has 1 aliphatic heterocycles. The zero-order valence-corrected chi connectivity index (χ0v) is 9.47. The van der Waals surface area contributed by atoms with E-state index >= 15 is 0 Å². The topological polar surface area (TPSA) is 66.8 Å². The van der Waals surface area contributed by atoms with Crippen molar-refractivity contribution in [3.63, 3.8) is 0 Å². The molecule has 0 radical (unpaired) electrons. The lowest BCUT2D eigenvalue weighted by atomic mass is 10.1. The van der Waals surface area contributed by atoms with Crippen molar-refractivity contribution in [3.8, 4) is 5.75 Å². The second kappa shape index (κ2) is 4.45. The van der Waals surface area contributed by atoms with Crippen LogP contribution in [0.1, 0.15) is 23.2 Å². The number of hydrogen-bond donors (Lipinski definition) is 1. The van der Waals surface area contributed by atoms with Gasteiger partial charge in [0.25, 0.3) is 0 Å². The van der Waals surface area contributed by atoms with E-state index in [1.54, 1.807) is 17.0 Å². The van der Waals surface area contributed by atoms with Crippen molar-refractivity contribution in [2.24, 2.45) is 0 Å². The monoisotopic (exact) mass is 235 g/mol. The van der Waals surface area contributed by atoms with Gasteiger partial charge in [0.2, 0.25) is 5.91 Å². The van der Waals surface area contributed by atoms with Crippen LogP contribution in [0, 0.1) is 0 Å². The van der Waals surface area contributed by atoms with E-state index in [4.69, 9.17) is 9.84 Å². The van der Waals surface area contributed by atoms with Crippen LogP contribution in [0.15, 0.2) is 18.2 Å². The van der Waals surface area contributed by atoms with Gasteiger partial charge in [0.15, 0.2) is 0 Å². The molecule has 0 atom stereocenters. The van der Waals surface area contributed by atoms with Crippen LogP contribution in [0.5, 0.6) is 5.75 Å². The summed E-state index contributed by atoms with van der Waals surface area (Å²) in [5, 5.41) is 8.94. The molecule has 5 nitrogen and oxygen atoms in total. The second-order valence-corrected chi connectivity index (χ2v) is 3.84. The summed E-state index contributed by atoms with van der Waals surface area (Å²) in [6.07, 6.45) is 1.38. The molecule has 0 saturated carbocycles. The number of carboxylic acid groups (broad SMARTS) is 1. The molecule has 17 heavy (non-hydrogen) atoms. The number of aromatic carboxylic acids is 1. The van der Waals surface area contributed by atoms with E-state index in [9.17, 15) is 9.59 Å². The Kier molecular flexibility index (Phi) is 2.99. The first-order chi connectivity index (χ1) is 8.13. The molecule has 1 aromatic carbocycles. The maximum atomic E-state index is 11.6. The first-order valence-electron chi connectivity index (χ1n) is 5.35. The summed E-state index contributed by atoms with van der Waals surface area (Å²) in [6.45, 7) is 0.675. The van der Waals surface area contributed by atoms with Crippen LogP contribution in [0.4, 0.5) is 5.69 Å². The minimum atomic E-state index is -1.04. The number of anilines is 1. The van der Waals surface area contributed by atoms with Crippen molar-refractivity contribution in [1.82, 2.24) is 0 Å². The van der Waals surface area contributed by atoms with Gasteiger partial charge in [-0.2, -0.15) is 0 Å². The molecule has 1 fully saturated rings. The molecule has 0 unspecified atom stereocenters. The largest absolute Gasteiger partial charge is 0.496 e. The Morgan fingerprint density at radius 1 is 1.47 bits per heavy atom. The number of hydrogen-bond acceptors (Lipinski definition) is 3. The summed E-state index contributed by atoms with van der Waals surface area (Å²) in [4.78, 5) is 24.1. The average Bonchev–Trinajstić information content (AvgIpc) is 2.74. The van der Waals surface area contributed by atoms with Crippen LogP contribution in [0.25, 0.3) is 0 Å². The highest BCUT2D eigenvalue weighted by molar-refractivity contribution is 5.97. The highest BCUT2D eigenvalue weighted by Gasteiger charge is 2.23. The second-order valence-electron chi connectivity index (χ2n) is 3.84. The van der Waals surface area contributed by atoms with E-state index < -0.39 is 5.97 Å². The third kappa shape index (κ3) is 2.08. The number of methoxy groups -OCH3 is 1. The average molecular weight is 235 g/mol. The molecule has 1 amide bonds. The zero-order valence-electron chi connectivity index (χ0n) is 9.47. The van der Waals surface area contributed by atoms with E-state index in [2.05, 4.69) is 0 Å².